The Morgan fingerprint density at radius 1 is 1.37 bits per heavy atom. The molecule has 0 saturated heterocycles. The van der Waals surface area contributed by atoms with Crippen LogP contribution in [0.2, 0.25) is 5.02 Å². The third kappa shape index (κ3) is 5.47. The lowest BCUT2D eigenvalue weighted by Gasteiger charge is -2.23. The second-order valence-corrected chi connectivity index (χ2v) is 4.37. The van der Waals surface area contributed by atoms with Crippen LogP contribution in [0.5, 0.6) is 0 Å². The highest BCUT2D eigenvalue weighted by Gasteiger charge is 2.30. The molecule has 3 nitrogen and oxygen atoms in total. The molecule has 1 N–H and O–H groups in total. The number of aliphatic hydroxyl groups is 1. The van der Waals surface area contributed by atoms with Crippen molar-refractivity contribution in [2.75, 3.05) is 19.7 Å². The van der Waals surface area contributed by atoms with Crippen LogP contribution in [0.3, 0.4) is 0 Å². The van der Waals surface area contributed by atoms with Crippen LogP contribution in [0.25, 0.3) is 0 Å². The minimum absolute atomic E-state index is 0.0371. The standard InChI is InChI=1S/C12H12ClF3N2O/c13-11-5-9(6-17)1-2-10(11)7-18(3-4-19)8-12(14,15)16/h1-2,5,19H,3-4,7-8H2. The molecule has 0 radical (unpaired) electrons. The molecule has 104 valence electrons. The monoisotopic (exact) mass is 292 g/mol. The van der Waals surface area contributed by atoms with Crippen molar-refractivity contribution in [3.05, 3.63) is 34.3 Å². The van der Waals surface area contributed by atoms with Crippen molar-refractivity contribution in [1.82, 2.24) is 4.90 Å². The molecule has 0 spiro atoms. The van der Waals surface area contributed by atoms with E-state index < -0.39 is 12.7 Å². The van der Waals surface area contributed by atoms with Gasteiger partial charge in [0.2, 0.25) is 0 Å². The lowest BCUT2D eigenvalue weighted by atomic mass is 10.1. The van der Waals surface area contributed by atoms with Crippen molar-refractivity contribution in [2.45, 2.75) is 12.7 Å². The van der Waals surface area contributed by atoms with E-state index in [1.807, 2.05) is 6.07 Å². The number of benzene rings is 1. The number of hydrogen-bond acceptors (Lipinski definition) is 3. The average molecular weight is 293 g/mol. The average Bonchev–Trinajstić information content (AvgIpc) is 2.30. The van der Waals surface area contributed by atoms with E-state index in [4.69, 9.17) is 22.0 Å². The van der Waals surface area contributed by atoms with E-state index in [1.54, 1.807) is 0 Å². The molecule has 1 aromatic rings. The minimum atomic E-state index is -4.34. The second-order valence-electron chi connectivity index (χ2n) is 3.97. The largest absolute Gasteiger partial charge is 0.401 e. The molecule has 0 bridgehead atoms. The lowest BCUT2D eigenvalue weighted by Crippen LogP contribution is -2.35. The molecular formula is C12H12ClF3N2O. The highest BCUT2D eigenvalue weighted by Crippen LogP contribution is 2.22. The molecule has 0 aliphatic heterocycles. The molecule has 0 fully saturated rings. The van der Waals surface area contributed by atoms with E-state index in [0.717, 1.165) is 4.90 Å². The first-order chi connectivity index (χ1) is 8.85. The summed E-state index contributed by atoms with van der Waals surface area (Å²) in [5, 5.41) is 17.7. The Bertz CT molecular complexity index is 471. The first kappa shape index (κ1) is 15.8. The number of halogens is 4. The summed E-state index contributed by atoms with van der Waals surface area (Å²) >= 11 is 5.90. The maximum absolute atomic E-state index is 12.4. The highest BCUT2D eigenvalue weighted by atomic mass is 35.5. The smallest absolute Gasteiger partial charge is 0.395 e. The van der Waals surface area contributed by atoms with Crippen LogP contribution in [0.1, 0.15) is 11.1 Å². The van der Waals surface area contributed by atoms with E-state index in [2.05, 4.69) is 0 Å². The van der Waals surface area contributed by atoms with Gasteiger partial charge in [-0.1, -0.05) is 17.7 Å². The zero-order chi connectivity index (χ0) is 14.5. The first-order valence-corrected chi connectivity index (χ1v) is 5.82. The van der Waals surface area contributed by atoms with Gasteiger partial charge in [-0.2, -0.15) is 18.4 Å². The van der Waals surface area contributed by atoms with E-state index in [0.29, 0.717) is 11.1 Å². The predicted octanol–water partition coefficient (Wildman–Crippen LogP) is 2.57. The third-order valence-electron chi connectivity index (χ3n) is 2.40. The Kier molecular flexibility index (Phi) is 5.60. The summed E-state index contributed by atoms with van der Waals surface area (Å²) in [6.07, 6.45) is -4.34. The van der Waals surface area contributed by atoms with Crippen molar-refractivity contribution >= 4 is 11.6 Å². The van der Waals surface area contributed by atoms with Crippen molar-refractivity contribution in [3.8, 4) is 6.07 Å². The van der Waals surface area contributed by atoms with Crippen molar-refractivity contribution in [1.29, 1.82) is 5.26 Å². The van der Waals surface area contributed by atoms with Gasteiger partial charge in [0.25, 0.3) is 0 Å². The molecule has 19 heavy (non-hydrogen) atoms. The number of nitrogens with zero attached hydrogens (tertiary/aromatic N) is 2. The third-order valence-corrected chi connectivity index (χ3v) is 2.75. The Hall–Kier alpha value is -1.29. The quantitative estimate of drug-likeness (QED) is 0.907. The fourth-order valence-electron chi connectivity index (χ4n) is 1.59. The normalized spacial score (nSPS) is 11.6. The fraction of sp³-hybridized carbons (Fsp3) is 0.417. The van der Waals surface area contributed by atoms with Crippen molar-refractivity contribution in [3.63, 3.8) is 0 Å². The molecular weight excluding hydrogens is 281 g/mol. The summed E-state index contributed by atoms with van der Waals surface area (Å²) < 4.78 is 37.1. The SMILES string of the molecule is N#Cc1ccc(CN(CCO)CC(F)(F)F)c(Cl)c1. The zero-order valence-corrected chi connectivity index (χ0v) is 10.7. The highest BCUT2D eigenvalue weighted by molar-refractivity contribution is 6.31. The van der Waals surface area contributed by atoms with Gasteiger partial charge in [0.15, 0.2) is 0 Å². The molecule has 7 heteroatoms. The molecule has 0 aromatic heterocycles. The molecule has 0 aliphatic carbocycles. The lowest BCUT2D eigenvalue weighted by molar-refractivity contribution is -0.147. The van der Waals surface area contributed by atoms with Crippen molar-refractivity contribution < 1.29 is 18.3 Å². The summed E-state index contributed by atoms with van der Waals surface area (Å²) in [6, 6.07) is 6.31. The van der Waals surface area contributed by atoms with Crippen LogP contribution >= 0.6 is 11.6 Å². The van der Waals surface area contributed by atoms with Gasteiger partial charge >= 0.3 is 6.18 Å². The summed E-state index contributed by atoms with van der Waals surface area (Å²) in [5.41, 5.74) is 0.830. The fourth-order valence-corrected chi connectivity index (χ4v) is 1.84. The number of aliphatic hydroxyl groups excluding tert-OH is 1. The summed E-state index contributed by atoms with van der Waals surface area (Å²) in [7, 11) is 0. The molecule has 1 rings (SSSR count). The van der Waals surface area contributed by atoms with Crippen LogP contribution in [0.4, 0.5) is 13.2 Å². The number of rotatable bonds is 5. The molecule has 1 aromatic carbocycles. The Morgan fingerprint density at radius 3 is 2.53 bits per heavy atom. The van der Waals surface area contributed by atoms with Gasteiger partial charge in [0.05, 0.1) is 24.8 Å². The molecule has 0 heterocycles. The predicted molar refractivity (Wildman–Crippen MR) is 64.6 cm³/mol. The van der Waals surface area contributed by atoms with E-state index in [1.165, 1.54) is 18.2 Å². The van der Waals surface area contributed by atoms with E-state index in [9.17, 15) is 13.2 Å². The van der Waals surface area contributed by atoms with Crippen LogP contribution < -0.4 is 0 Å². The first-order valence-electron chi connectivity index (χ1n) is 5.44. The van der Waals surface area contributed by atoms with E-state index in [-0.39, 0.29) is 24.7 Å². The van der Waals surface area contributed by atoms with Gasteiger partial charge in [-0.25, -0.2) is 0 Å². The Balaban J connectivity index is 2.82. The Morgan fingerprint density at radius 2 is 2.05 bits per heavy atom. The maximum atomic E-state index is 12.4. The molecule has 0 aliphatic rings. The molecule has 0 atom stereocenters. The van der Waals surface area contributed by atoms with Gasteiger partial charge in [-0.3, -0.25) is 4.90 Å². The van der Waals surface area contributed by atoms with Gasteiger partial charge in [-0.05, 0) is 17.7 Å². The number of hydrogen-bond donors (Lipinski definition) is 1. The van der Waals surface area contributed by atoms with Crippen LogP contribution in [-0.2, 0) is 6.54 Å². The number of nitriles is 1. The van der Waals surface area contributed by atoms with Gasteiger partial charge in [-0.15, -0.1) is 0 Å². The summed E-state index contributed by atoms with van der Waals surface area (Å²) in [6.45, 7) is -1.63. The van der Waals surface area contributed by atoms with Gasteiger partial charge in [0.1, 0.15) is 0 Å². The van der Waals surface area contributed by atoms with Gasteiger partial charge in [0, 0.05) is 18.1 Å². The topological polar surface area (TPSA) is 47.3 Å². The zero-order valence-electron chi connectivity index (χ0n) is 9.91. The second kappa shape index (κ2) is 6.75. The van der Waals surface area contributed by atoms with E-state index >= 15 is 0 Å². The van der Waals surface area contributed by atoms with Crippen LogP contribution in [0, 0.1) is 11.3 Å². The van der Waals surface area contributed by atoms with Crippen LogP contribution in [0.15, 0.2) is 18.2 Å². The molecule has 0 saturated carbocycles. The molecule has 0 amide bonds. The molecule has 0 unspecified atom stereocenters. The minimum Gasteiger partial charge on any atom is -0.395 e. The maximum Gasteiger partial charge on any atom is 0.401 e. The number of alkyl halides is 3. The summed E-state index contributed by atoms with van der Waals surface area (Å²) in [5.74, 6) is 0. The van der Waals surface area contributed by atoms with Gasteiger partial charge < -0.3 is 5.11 Å². The summed E-state index contributed by atoms with van der Waals surface area (Å²) in [4.78, 5) is 1.05. The Labute approximate surface area is 113 Å². The van der Waals surface area contributed by atoms with Crippen molar-refractivity contribution in [2.24, 2.45) is 0 Å². The van der Waals surface area contributed by atoms with Crippen LogP contribution in [-0.4, -0.2) is 35.9 Å².